The smallest absolute Gasteiger partial charge is 0.248 e. The molecule has 1 heterocycles. The largest absolute Gasteiger partial charge is 0.373 e. The topological polar surface area (TPSA) is 66.9 Å². The van der Waals surface area contributed by atoms with E-state index in [1.807, 2.05) is 39.0 Å². The third kappa shape index (κ3) is 4.18. The Bertz CT molecular complexity index is 659. The first-order chi connectivity index (χ1) is 10.5. The summed E-state index contributed by atoms with van der Waals surface area (Å²) in [6.45, 7) is 5.93. The third-order valence-corrected chi connectivity index (χ3v) is 4.47. The first-order valence-electron chi connectivity index (χ1n) is 7.19. The molecule has 118 valence electrons. The van der Waals surface area contributed by atoms with Crippen molar-refractivity contribution in [2.24, 2.45) is 0 Å². The molecule has 0 saturated carbocycles. The zero-order chi connectivity index (χ0) is 16.1. The number of aryl methyl sites for hydroxylation is 2. The van der Waals surface area contributed by atoms with Gasteiger partial charge in [0.15, 0.2) is 0 Å². The van der Waals surface area contributed by atoms with Crippen molar-refractivity contribution < 1.29 is 4.79 Å². The summed E-state index contributed by atoms with van der Waals surface area (Å²) in [5.74, 6) is -0.124. The highest BCUT2D eigenvalue weighted by atomic mass is 35.5. The predicted octanol–water partition coefficient (Wildman–Crippen LogP) is 3.89. The van der Waals surface area contributed by atoms with E-state index >= 15 is 0 Å². The van der Waals surface area contributed by atoms with Crippen molar-refractivity contribution in [3.63, 3.8) is 0 Å². The molecular formula is C15H19ClN4OS. The quantitative estimate of drug-likeness (QED) is 0.838. The van der Waals surface area contributed by atoms with E-state index in [0.29, 0.717) is 16.6 Å². The van der Waals surface area contributed by atoms with Crippen LogP contribution in [0.4, 0.5) is 10.8 Å². The van der Waals surface area contributed by atoms with Gasteiger partial charge in [-0.15, -0.1) is 10.2 Å². The number of hydrogen-bond donors (Lipinski definition) is 2. The van der Waals surface area contributed by atoms with E-state index in [1.165, 1.54) is 11.3 Å². The second-order valence-electron chi connectivity index (χ2n) is 4.91. The number of aromatic nitrogens is 2. The molecule has 1 amide bonds. The van der Waals surface area contributed by atoms with Crippen LogP contribution in [-0.2, 0) is 11.2 Å². The summed E-state index contributed by atoms with van der Waals surface area (Å²) in [6, 6.07) is 5.23. The lowest BCUT2D eigenvalue weighted by Crippen LogP contribution is -2.34. The average molecular weight is 339 g/mol. The molecule has 7 heteroatoms. The molecule has 1 aromatic carbocycles. The first kappa shape index (κ1) is 16.7. The summed E-state index contributed by atoms with van der Waals surface area (Å²) in [5, 5.41) is 16.1. The average Bonchev–Trinajstić information content (AvgIpc) is 2.95. The zero-order valence-electron chi connectivity index (χ0n) is 12.8. The Hall–Kier alpha value is -1.66. The molecule has 0 unspecified atom stereocenters. The number of amides is 1. The molecule has 0 fully saturated rings. The van der Waals surface area contributed by atoms with Gasteiger partial charge in [-0.3, -0.25) is 10.1 Å². The maximum absolute atomic E-state index is 12.4. The van der Waals surface area contributed by atoms with Crippen LogP contribution < -0.4 is 10.6 Å². The van der Waals surface area contributed by atoms with Gasteiger partial charge in [-0.2, -0.15) is 0 Å². The Kier molecular flexibility index (Phi) is 5.74. The Balaban J connectivity index is 2.07. The van der Waals surface area contributed by atoms with E-state index in [2.05, 4.69) is 20.8 Å². The summed E-state index contributed by atoms with van der Waals surface area (Å²) in [6.07, 6.45) is 1.46. The van der Waals surface area contributed by atoms with Gasteiger partial charge in [-0.25, -0.2) is 0 Å². The molecule has 0 bridgehead atoms. The maximum atomic E-state index is 12.4. The van der Waals surface area contributed by atoms with Crippen molar-refractivity contribution in [2.75, 3.05) is 10.6 Å². The van der Waals surface area contributed by atoms with Crippen LogP contribution in [0.1, 0.15) is 30.8 Å². The summed E-state index contributed by atoms with van der Waals surface area (Å²) in [7, 11) is 0. The maximum Gasteiger partial charge on any atom is 0.248 e. The molecule has 0 aliphatic rings. The van der Waals surface area contributed by atoms with Gasteiger partial charge in [0.25, 0.3) is 0 Å². The molecule has 2 N–H and O–H groups in total. The van der Waals surface area contributed by atoms with Gasteiger partial charge in [0, 0.05) is 10.7 Å². The van der Waals surface area contributed by atoms with Gasteiger partial charge in [-0.1, -0.05) is 42.9 Å². The molecule has 1 aromatic heterocycles. The number of rotatable bonds is 6. The van der Waals surface area contributed by atoms with E-state index in [1.54, 1.807) is 0 Å². The minimum Gasteiger partial charge on any atom is -0.373 e. The van der Waals surface area contributed by atoms with Gasteiger partial charge >= 0.3 is 0 Å². The van der Waals surface area contributed by atoms with Gasteiger partial charge in [0.05, 0.1) is 0 Å². The molecule has 2 aromatic rings. The van der Waals surface area contributed by atoms with Crippen LogP contribution in [0.2, 0.25) is 5.02 Å². The molecule has 1 atom stereocenters. The fourth-order valence-electron chi connectivity index (χ4n) is 1.93. The number of anilines is 2. The monoisotopic (exact) mass is 338 g/mol. The van der Waals surface area contributed by atoms with Crippen molar-refractivity contribution in [1.82, 2.24) is 10.2 Å². The lowest BCUT2D eigenvalue weighted by molar-refractivity contribution is -0.117. The second-order valence-corrected chi connectivity index (χ2v) is 6.41. The Labute approximate surface area is 139 Å². The van der Waals surface area contributed by atoms with Crippen molar-refractivity contribution >= 4 is 39.7 Å². The van der Waals surface area contributed by atoms with E-state index in [4.69, 9.17) is 11.6 Å². The summed E-state index contributed by atoms with van der Waals surface area (Å²) in [5.41, 5.74) is 1.90. The predicted molar refractivity (Wildman–Crippen MR) is 91.8 cm³/mol. The standard InChI is InChI=1S/C15H19ClN4OS/c1-4-11(17-12-8-10(16)7-6-9(12)3)14(21)18-15-20-19-13(5-2)22-15/h6-8,11,17H,4-5H2,1-3H3,(H,18,20,21)/t11-/m0/s1. The minimum atomic E-state index is -0.355. The molecule has 0 spiro atoms. The van der Waals surface area contributed by atoms with Crippen LogP contribution in [0.25, 0.3) is 0 Å². The molecule has 0 aliphatic heterocycles. The van der Waals surface area contributed by atoms with Crippen molar-refractivity contribution in [3.8, 4) is 0 Å². The molecule has 0 radical (unpaired) electrons. The molecular weight excluding hydrogens is 320 g/mol. The number of nitrogens with one attached hydrogen (secondary N) is 2. The zero-order valence-corrected chi connectivity index (χ0v) is 14.4. The lowest BCUT2D eigenvalue weighted by Gasteiger charge is -2.18. The second kappa shape index (κ2) is 7.56. The minimum absolute atomic E-state index is 0.124. The number of carbonyl (C=O) groups excluding carboxylic acids is 1. The highest BCUT2D eigenvalue weighted by Gasteiger charge is 2.18. The van der Waals surface area contributed by atoms with Crippen molar-refractivity contribution in [2.45, 2.75) is 39.7 Å². The molecule has 22 heavy (non-hydrogen) atoms. The van der Waals surface area contributed by atoms with Crippen LogP contribution in [0.5, 0.6) is 0 Å². The van der Waals surface area contributed by atoms with E-state index in [9.17, 15) is 4.79 Å². The lowest BCUT2D eigenvalue weighted by atomic mass is 10.1. The fraction of sp³-hybridized carbons (Fsp3) is 0.400. The van der Waals surface area contributed by atoms with Gasteiger partial charge < -0.3 is 5.32 Å². The number of benzene rings is 1. The first-order valence-corrected chi connectivity index (χ1v) is 8.38. The third-order valence-electron chi connectivity index (χ3n) is 3.25. The Morgan fingerprint density at radius 3 is 2.77 bits per heavy atom. The SMILES string of the molecule is CCc1nnc(NC(=O)[C@H](CC)Nc2cc(Cl)ccc2C)s1. The van der Waals surface area contributed by atoms with Crippen LogP contribution in [0.15, 0.2) is 18.2 Å². The van der Waals surface area contributed by atoms with Crippen LogP contribution >= 0.6 is 22.9 Å². The highest BCUT2D eigenvalue weighted by Crippen LogP contribution is 2.22. The number of hydrogen-bond acceptors (Lipinski definition) is 5. The molecule has 5 nitrogen and oxygen atoms in total. The molecule has 0 saturated heterocycles. The van der Waals surface area contributed by atoms with Crippen molar-refractivity contribution in [3.05, 3.63) is 33.8 Å². The number of halogens is 1. The number of nitrogens with zero attached hydrogens (tertiary/aromatic N) is 2. The Morgan fingerprint density at radius 1 is 1.36 bits per heavy atom. The van der Waals surface area contributed by atoms with E-state index < -0.39 is 0 Å². The Morgan fingerprint density at radius 2 is 2.14 bits per heavy atom. The van der Waals surface area contributed by atoms with Crippen LogP contribution in [0, 0.1) is 6.92 Å². The van der Waals surface area contributed by atoms with Gasteiger partial charge in [0.2, 0.25) is 11.0 Å². The van der Waals surface area contributed by atoms with E-state index in [0.717, 1.165) is 22.7 Å². The van der Waals surface area contributed by atoms with E-state index in [-0.39, 0.29) is 11.9 Å². The summed E-state index contributed by atoms with van der Waals surface area (Å²) >= 11 is 7.41. The van der Waals surface area contributed by atoms with Crippen LogP contribution in [-0.4, -0.2) is 22.1 Å². The van der Waals surface area contributed by atoms with Crippen LogP contribution in [0.3, 0.4) is 0 Å². The molecule has 0 aliphatic carbocycles. The normalized spacial score (nSPS) is 12.0. The molecule has 2 rings (SSSR count). The fourth-order valence-corrected chi connectivity index (χ4v) is 2.78. The van der Waals surface area contributed by atoms with Gasteiger partial charge in [-0.05, 0) is 37.5 Å². The van der Waals surface area contributed by atoms with Gasteiger partial charge in [0.1, 0.15) is 11.0 Å². The highest BCUT2D eigenvalue weighted by molar-refractivity contribution is 7.15. The summed E-state index contributed by atoms with van der Waals surface area (Å²) in [4.78, 5) is 12.4. The summed E-state index contributed by atoms with van der Waals surface area (Å²) < 4.78 is 0. The van der Waals surface area contributed by atoms with Crippen molar-refractivity contribution in [1.29, 1.82) is 0 Å². The number of carbonyl (C=O) groups is 1.